The van der Waals surface area contributed by atoms with Gasteiger partial charge in [-0.25, -0.2) is 4.72 Å². The number of hydrogen-bond acceptors (Lipinski definition) is 7. The Hall–Kier alpha value is 0.420. The van der Waals surface area contributed by atoms with Gasteiger partial charge >= 0.3 is 0 Å². The Balaban J connectivity index is 4.08. The Morgan fingerprint density at radius 3 is 1.92 bits per heavy atom. The zero-order valence-electron chi connectivity index (χ0n) is 7.99. The molecule has 0 aliphatic carbocycles. The van der Waals surface area contributed by atoms with Crippen molar-refractivity contribution in [2.24, 2.45) is 25.7 Å². The summed E-state index contributed by atoms with van der Waals surface area (Å²) in [4.78, 5) is 0. The van der Waals surface area contributed by atoms with E-state index in [9.17, 15) is 0 Å². The molecule has 0 bridgehead atoms. The van der Waals surface area contributed by atoms with E-state index in [2.05, 4.69) is 8.85 Å². The predicted molar refractivity (Wildman–Crippen MR) is 62.1 cm³/mol. The highest BCUT2D eigenvalue weighted by Gasteiger charge is 2.20. The van der Waals surface area contributed by atoms with E-state index in [1.54, 1.807) is 0 Å². The summed E-state index contributed by atoms with van der Waals surface area (Å²) in [5.41, 5.74) is 0. The molecule has 0 saturated heterocycles. The molecule has 0 aromatic rings. The maximum absolute atomic E-state index is 5.70. The molecule has 13 heavy (non-hydrogen) atoms. The summed E-state index contributed by atoms with van der Waals surface area (Å²) in [7, 11) is -4.55. The van der Waals surface area contributed by atoms with Gasteiger partial charge in [0.2, 0.25) is 0 Å². The van der Waals surface area contributed by atoms with Crippen LogP contribution in [0, 0.1) is 0 Å². The summed E-state index contributed by atoms with van der Waals surface area (Å²) >= 11 is 0. The van der Waals surface area contributed by atoms with Crippen molar-refractivity contribution in [2.75, 3.05) is 0 Å². The Morgan fingerprint density at radius 2 is 1.62 bits per heavy atom. The van der Waals surface area contributed by atoms with Gasteiger partial charge < -0.3 is 0 Å². The minimum absolute atomic E-state index is 0.194. The van der Waals surface area contributed by atoms with Crippen molar-refractivity contribution < 1.29 is 0 Å². The van der Waals surface area contributed by atoms with Gasteiger partial charge in [-0.15, -0.1) is 0 Å². The molecule has 0 fully saturated rings. The van der Waals surface area contributed by atoms with Gasteiger partial charge in [-0.2, -0.15) is 4.13 Å². The predicted octanol–water partition coefficient (Wildman–Crippen LogP) is -1.31. The lowest BCUT2D eigenvalue weighted by Gasteiger charge is -2.41. The first-order valence-electron chi connectivity index (χ1n) is 3.77. The second kappa shape index (κ2) is 4.77. The lowest BCUT2D eigenvalue weighted by Crippen LogP contribution is -2.53. The van der Waals surface area contributed by atoms with Crippen LogP contribution >= 0.6 is 21.5 Å². The molecular formula is C4H21N7S2. The summed E-state index contributed by atoms with van der Waals surface area (Å²) < 4.78 is 5.58. The number of rotatable bonds is 5. The molecule has 1 atom stereocenters. The van der Waals surface area contributed by atoms with Crippen LogP contribution < -0.4 is 34.5 Å². The van der Waals surface area contributed by atoms with E-state index < -0.39 is 21.5 Å². The van der Waals surface area contributed by atoms with Gasteiger partial charge in [0.15, 0.2) is 0 Å². The monoisotopic (exact) mass is 231 g/mol. The summed E-state index contributed by atoms with van der Waals surface area (Å²) in [5.74, 6) is 0. The SMILES string of the molecule is CCC(C)NS(N)(N)NS(N)(N)N. The average molecular weight is 231 g/mol. The van der Waals surface area contributed by atoms with E-state index in [1.807, 2.05) is 13.8 Å². The molecule has 0 radical (unpaired) electrons. The van der Waals surface area contributed by atoms with Crippen LogP contribution in [0.4, 0.5) is 0 Å². The molecule has 0 amide bonds. The van der Waals surface area contributed by atoms with Gasteiger partial charge in [0, 0.05) is 6.04 Å². The molecule has 0 saturated carbocycles. The quantitative estimate of drug-likeness (QED) is 0.310. The zero-order valence-corrected chi connectivity index (χ0v) is 9.62. The van der Waals surface area contributed by atoms with Gasteiger partial charge in [-0.05, 0) is 34.9 Å². The Bertz CT molecular complexity index is 155. The summed E-state index contributed by atoms with van der Waals surface area (Å²) in [6.07, 6.45) is 0.910. The average Bonchev–Trinajstić information content (AvgIpc) is 1.80. The van der Waals surface area contributed by atoms with Crippen molar-refractivity contribution >= 4 is 21.5 Å². The van der Waals surface area contributed by atoms with Gasteiger partial charge in [-0.3, -0.25) is 25.7 Å². The van der Waals surface area contributed by atoms with Gasteiger partial charge in [0.1, 0.15) is 0 Å². The number of nitrogens with two attached hydrogens (primary N) is 5. The van der Waals surface area contributed by atoms with Crippen LogP contribution in [0.2, 0.25) is 0 Å². The maximum atomic E-state index is 5.70. The lowest BCUT2D eigenvalue weighted by molar-refractivity contribution is 0.660. The molecule has 7 nitrogen and oxygen atoms in total. The molecule has 0 rings (SSSR count). The van der Waals surface area contributed by atoms with Crippen LogP contribution in [0.3, 0.4) is 0 Å². The van der Waals surface area contributed by atoms with E-state index in [4.69, 9.17) is 25.7 Å². The summed E-state index contributed by atoms with van der Waals surface area (Å²) in [6, 6.07) is 0.194. The van der Waals surface area contributed by atoms with Gasteiger partial charge in [-0.1, -0.05) is 6.92 Å². The molecule has 0 heterocycles. The second-order valence-corrected chi connectivity index (χ2v) is 6.83. The Kier molecular flexibility index (Phi) is 4.93. The van der Waals surface area contributed by atoms with E-state index in [0.717, 1.165) is 6.42 Å². The molecule has 0 aromatic heterocycles. The van der Waals surface area contributed by atoms with Crippen molar-refractivity contribution in [3.63, 3.8) is 0 Å². The topological polar surface area (TPSA) is 154 Å². The standard InChI is InChI=1S/C4H21N7S2/c1-3-4(2)10-13(8,9)11-12(5,6)7/h4,10-11H,3,5-9H2,1-2H3. The second-order valence-electron chi connectivity index (χ2n) is 2.98. The molecule has 0 aliphatic heterocycles. The van der Waals surface area contributed by atoms with Crippen molar-refractivity contribution in [1.82, 2.24) is 8.85 Å². The first-order chi connectivity index (χ1) is 5.66. The zero-order chi connectivity index (χ0) is 10.7. The van der Waals surface area contributed by atoms with Crippen LogP contribution in [0.5, 0.6) is 0 Å². The van der Waals surface area contributed by atoms with Crippen LogP contribution in [-0.4, -0.2) is 6.04 Å². The minimum Gasteiger partial charge on any atom is -0.260 e. The normalized spacial score (nSPS) is 18.4. The Morgan fingerprint density at radius 1 is 1.15 bits per heavy atom. The van der Waals surface area contributed by atoms with Crippen molar-refractivity contribution in [3.05, 3.63) is 0 Å². The van der Waals surface area contributed by atoms with E-state index in [1.165, 1.54) is 0 Å². The van der Waals surface area contributed by atoms with E-state index in [-0.39, 0.29) is 6.04 Å². The third-order valence-corrected chi connectivity index (χ3v) is 4.34. The minimum atomic E-state index is -2.36. The summed E-state index contributed by atoms with van der Waals surface area (Å²) in [5, 5.41) is 27.6. The molecule has 84 valence electrons. The third kappa shape index (κ3) is 7.49. The fourth-order valence-corrected chi connectivity index (χ4v) is 3.61. The fraction of sp³-hybridized carbons (Fsp3) is 1.00. The fourth-order valence-electron chi connectivity index (χ4n) is 0.679. The first kappa shape index (κ1) is 13.4. The molecule has 1 unspecified atom stereocenters. The highest BCUT2D eigenvalue weighted by molar-refractivity contribution is 8.40. The van der Waals surface area contributed by atoms with Crippen LogP contribution in [0.1, 0.15) is 20.3 Å². The smallest absolute Gasteiger partial charge is 0.0159 e. The van der Waals surface area contributed by atoms with Crippen LogP contribution in [0.25, 0.3) is 0 Å². The van der Waals surface area contributed by atoms with E-state index in [0.29, 0.717) is 0 Å². The molecule has 12 N–H and O–H groups in total. The molecular weight excluding hydrogens is 210 g/mol. The molecule has 0 aromatic carbocycles. The maximum Gasteiger partial charge on any atom is 0.0159 e. The first-order valence-corrected chi connectivity index (χ1v) is 7.35. The van der Waals surface area contributed by atoms with Crippen LogP contribution in [-0.2, 0) is 0 Å². The van der Waals surface area contributed by atoms with E-state index >= 15 is 0 Å². The molecule has 0 aliphatic rings. The lowest BCUT2D eigenvalue weighted by atomic mass is 10.3. The Labute approximate surface area is 82.8 Å². The van der Waals surface area contributed by atoms with Crippen molar-refractivity contribution in [2.45, 2.75) is 26.3 Å². The highest BCUT2D eigenvalue weighted by atomic mass is 32.3. The summed E-state index contributed by atoms with van der Waals surface area (Å²) in [6.45, 7) is 3.98. The largest absolute Gasteiger partial charge is 0.260 e. The number of hydrogen-bond donors (Lipinski definition) is 7. The molecule has 9 heteroatoms. The molecule has 0 spiro atoms. The van der Waals surface area contributed by atoms with Gasteiger partial charge in [0.05, 0.1) is 0 Å². The third-order valence-electron chi connectivity index (χ3n) is 1.29. The van der Waals surface area contributed by atoms with Crippen molar-refractivity contribution in [3.8, 4) is 0 Å². The highest BCUT2D eigenvalue weighted by Crippen LogP contribution is 2.30. The van der Waals surface area contributed by atoms with Gasteiger partial charge in [0.25, 0.3) is 0 Å². The van der Waals surface area contributed by atoms with Crippen molar-refractivity contribution in [1.29, 1.82) is 0 Å². The van der Waals surface area contributed by atoms with Crippen LogP contribution in [0.15, 0.2) is 0 Å². The number of nitrogens with one attached hydrogen (secondary N) is 2.